The summed E-state index contributed by atoms with van der Waals surface area (Å²) in [5.74, 6) is -0.371. The van der Waals surface area contributed by atoms with Gasteiger partial charge in [-0.3, -0.25) is 4.79 Å². The smallest absolute Gasteiger partial charge is 0.327 e. The maximum absolute atomic E-state index is 12.1. The Morgan fingerprint density at radius 1 is 1.35 bits per heavy atom. The Labute approximate surface area is 108 Å². The van der Waals surface area contributed by atoms with Gasteiger partial charge < -0.3 is 10.0 Å². The number of nitrogens with zero attached hydrogens (tertiary/aromatic N) is 1. The summed E-state index contributed by atoms with van der Waals surface area (Å²) in [4.78, 5) is 24.4. The number of carbonyl (C=O) groups excluding carboxylic acids is 1. The molecule has 17 heavy (non-hydrogen) atoms. The quantitative estimate of drug-likeness (QED) is 0.893. The van der Waals surface area contributed by atoms with E-state index in [-0.39, 0.29) is 5.91 Å². The van der Waals surface area contributed by atoms with E-state index in [4.69, 9.17) is 16.7 Å². The summed E-state index contributed by atoms with van der Waals surface area (Å²) in [6.45, 7) is 0. The summed E-state index contributed by atoms with van der Waals surface area (Å²) < 4.78 is 0. The molecule has 0 radical (unpaired) electrons. The van der Waals surface area contributed by atoms with Gasteiger partial charge in [-0.15, -0.1) is 11.8 Å². The number of hydrogen-bond acceptors (Lipinski definition) is 3. The average molecular weight is 272 g/mol. The van der Waals surface area contributed by atoms with Crippen molar-refractivity contribution in [2.75, 3.05) is 11.6 Å². The van der Waals surface area contributed by atoms with Gasteiger partial charge in [-0.1, -0.05) is 11.6 Å². The Morgan fingerprint density at radius 2 is 2.00 bits per heavy atom. The highest BCUT2D eigenvalue weighted by Crippen LogP contribution is 2.23. The Bertz CT molecular complexity index is 449. The molecule has 0 spiro atoms. The molecule has 0 bridgehead atoms. The summed E-state index contributed by atoms with van der Waals surface area (Å²) >= 11 is 7.17. The van der Waals surface area contributed by atoms with Crippen molar-refractivity contribution >= 4 is 35.2 Å². The first-order chi connectivity index (χ1) is 8.09. The van der Waals surface area contributed by atoms with Gasteiger partial charge in [0.1, 0.15) is 6.04 Å². The minimum Gasteiger partial charge on any atom is -0.480 e. The summed E-state index contributed by atoms with van der Waals surface area (Å²) in [5, 5.41) is 9.54. The summed E-state index contributed by atoms with van der Waals surface area (Å²) in [6, 6.07) is 5.71. The molecule has 1 heterocycles. The van der Waals surface area contributed by atoms with E-state index >= 15 is 0 Å². The van der Waals surface area contributed by atoms with Gasteiger partial charge in [-0.2, -0.15) is 0 Å². The lowest BCUT2D eigenvalue weighted by Crippen LogP contribution is -2.41. The number of carboxylic acid groups (broad SMARTS) is 1. The minimum atomic E-state index is -0.961. The van der Waals surface area contributed by atoms with Crippen LogP contribution in [0.3, 0.4) is 0 Å². The third-order valence-corrected chi connectivity index (χ3v) is 3.78. The molecule has 1 atom stereocenters. The highest BCUT2D eigenvalue weighted by Gasteiger charge is 2.34. The third kappa shape index (κ3) is 2.56. The third-order valence-electron chi connectivity index (χ3n) is 2.52. The van der Waals surface area contributed by atoms with Crippen molar-refractivity contribution < 1.29 is 14.7 Å². The van der Waals surface area contributed by atoms with E-state index in [0.29, 0.717) is 22.2 Å². The van der Waals surface area contributed by atoms with Crippen LogP contribution in [0, 0.1) is 0 Å². The van der Waals surface area contributed by atoms with Gasteiger partial charge in [0, 0.05) is 16.3 Å². The number of rotatable bonds is 2. The van der Waals surface area contributed by atoms with Crippen LogP contribution >= 0.6 is 23.4 Å². The number of carboxylic acids is 1. The van der Waals surface area contributed by atoms with Gasteiger partial charge in [0.15, 0.2) is 0 Å². The molecule has 1 saturated heterocycles. The van der Waals surface area contributed by atoms with Gasteiger partial charge in [0.05, 0.1) is 5.88 Å². The molecule has 2 rings (SSSR count). The second-order valence-corrected chi connectivity index (χ2v) is 5.07. The van der Waals surface area contributed by atoms with Gasteiger partial charge in [-0.05, 0) is 24.3 Å². The Morgan fingerprint density at radius 3 is 2.59 bits per heavy atom. The second kappa shape index (κ2) is 4.98. The van der Waals surface area contributed by atoms with E-state index in [1.54, 1.807) is 24.3 Å². The number of hydrogen-bond donors (Lipinski definition) is 1. The van der Waals surface area contributed by atoms with E-state index in [1.165, 1.54) is 16.7 Å². The van der Waals surface area contributed by atoms with Crippen LogP contribution in [0.4, 0.5) is 0 Å². The zero-order chi connectivity index (χ0) is 12.4. The monoisotopic (exact) mass is 271 g/mol. The fourth-order valence-electron chi connectivity index (χ4n) is 1.61. The normalized spacial score (nSPS) is 19.4. The molecular weight excluding hydrogens is 262 g/mol. The number of amides is 1. The number of aliphatic carboxylic acids is 1. The zero-order valence-corrected chi connectivity index (χ0v) is 10.4. The van der Waals surface area contributed by atoms with Crippen molar-refractivity contribution in [3.63, 3.8) is 0 Å². The molecule has 1 aromatic carbocycles. The van der Waals surface area contributed by atoms with Crippen LogP contribution in [0.2, 0.25) is 5.02 Å². The highest BCUT2D eigenvalue weighted by atomic mass is 35.5. The molecule has 4 nitrogen and oxygen atoms in total. The summed E-state index contributed by atoms with van der Waals surface area (Å²) in [6.07, 6.45) is 0. The largest absolute Gasteiger partial charge is 0.480 e. The fraction of sp³-hybridized carbons (Fsp3) is 0.273. The van der Waals surface area contributed by atoms with Crippen molar-refractivity contribution in [1.29, 1.82) is 0 Å². The van der Waals surface area contributed by atoms with Crippen molar-refractivity contribution in [2.45, 2.75) is 6.04 Å². The lowest BCUT2D eigenvalue weighted by molar-refractivity contribution is -0.140. The van der Waals surface area contributed by atoms with E-state index in [2.05, 4.69) is 0 Å². The lowest BCUT2D eigenvalue weighted by atomic mass is 10.2. The van der Waals surface area contributed by atoms with Crippen LogP contribution in [0.25, 0.3) is 0 Å². The van der Waals surface area contributed by atoms with Crippen LogP contribution in [-0.2, 0) is 4.79 Å². The minimum absolute atomic E-state index is 0.265. The number of halogens is 1. The van der Waals surface area contributed by atoms with Crippen LogP contribution < -0.4 is 0 Å². The molecular formula is C11H10ClNO3S. The highest BCUT2D eigenvalue weighted by molar-refractivity contribution is 7.99. The molecule has 0 saturated carbocycles. The van der Waals surface area contributed by atoms with Crippen LogP contribution in [0.15, 0.2) is 24.3 Å². The maximum atomic E-state index is 12.1. The molecule has 1 amide bonds. The molecule has 0 aromatic heterocycles. The standard InChI is InChI=1S/C11H10ClNO3S/c12-8-3-1-7(2-4-8)10(14)13-6-17-5-9(13)11(15)16/h1-4,9H,5-6H2,(H,15,16)/t9-/m0/s1. The first-order valence-corrected chi connectivity index (χ1v) is 6.50. The zero-order valence-electron chi connectivity index (χ0n) is 8.80. The van der Waals surface area contributed by atoms with E-state index in [9.17, 15) is 9.59 Å². The first-order valence-electron chi connectivity index (χ1n) is 4.96. The SMILES string of the molecule is O=C(O)[C@@H]1CSCN1C(=O)c1ccc(Cl)cc1. The molecule has 1 fully saturated rings. The van der Waals surface area contributed by atoms with E-state index < -0.39 is 12.0 Å². The van der Waals surface area contributed by atoms with Crippen molar-refractivity contribution in [1.82, 2.24) is 4.90 Å². The van der Waals surface area contributed by atoms with Gasteiger partial charge in [0.2, 0.25) is 0 Å². The molecule has 6 heteroatoms. The van der Waals surface area contributed by atoms with Gasteiger partial charge >= 0.3 is 5.97 Å². The molecule has 1 N–H and O–H groups in total. The van der Waals surface area contributed by atoms with Gasteiger partial charge in [-0.25, -0.2) is 4.79 Å². The van der Waals surface area contributed by atoms with Crippen molar-refractivity contribution in [3.8, 4) is 0 Å². The van der Waals surface area contributed by atoms with E-state index in [1.807, 2.05) is 0 Å². The molecule has 0 aliphatic carbocycles. The van der Waals surface area contributed by atoms with Crippen LogP contribution in [-0.4, -0.2) is 39.6 Å². The molecule has 1 aliphatic heterocycles. The number of thioether (sulfide) groups is 1. The fourth-order valence-corrected chi connectivity index (χ4v) is 2.88. The summed E-state index contributed by atoms with van der Waals surface area (Å²) in [5.41, 5.74) is 0.461. The van der Waals surface area contributed by atoms with Gasteiger partial charge in [0.25, 0.3) is 5.91 Å². The molecule has 1 aromatic rings. The van der Waals surface area contributed by atoms with Crippen molar-refractivity contribution in [2.24, 2.45) is 0 Å². The molecule has 90 valence electrons. The van der Waals surface area contributed by atoms with Crippen LogP contribution in [0.1, 0.15) is 10.4 Å². The van der Waals surface area contributed by atoms with Crippen LogP contribution in [0.5, 0.6) is 0 Å². The lowest BCUT2D eigenvalue weighted by Gasteiger charge is -2.20. The second-order valence-electron chi connectivity index (χ2n) is 3.64. The number of carbonyl (C=O) groups is 2. The number of benzene rings is 1. The topological polar surface area (TPSA) is 57.6 Å². The Balaban J connectivity index is 2.19. The average Bonchev–Trinajstić information content (AvgIpc) is 2.78. The predicted molar refractivity (Wildman–Crippen MR) is 66.4 cm³/mol. The first kappa shape index (κ1) is 12.3. The Hall–Kier alpha value is -1.20. The maximum Gasteiger partial charge on any atom is 0.327 e. The molecule has 0 unspecified atom stereocenters. The van der Waals surface area contributed by atoms with E-state index in [0.717, 1.165) is 0 Å². The molecule has 1 aliphatic rings. The predicted octanol–water partition coefficient (Wildman–Crippen LogP) is 1.94. The van der Waals surface area contributed by atoms with Crippen molar-refractivity contribution in [3.05, 3.63) is 34.9 Å². The summed E-state index contributed by atoms with van der Waals surface area (Å²) in [7, 11) is 0. The Kier molecular flexibility index (Phi) is 3.59.